The molecule has 0 aromatic heterocycles. The van der Waals surface area contributed by atoms with Crippen LogP contribution in [0.15, 0.2) is 23.3 Å². The number of ether oxygens (including phenoxy) is 1. The van der Waals surface area contributed by atoms with Gasteiger partial charge in [-0.1, -0.05) is 37.8 Å². The Morgan fingerprint density at radius 3 is 1.78 bits per heavy atom. The first-order valence-electron chi connectivity index (χ1n) is 7.99. The lowest BCUT2D eigenvalue weighted by molar-refractivity contribution is -0.0712. The van der Waals surface area contributed by atoms with Gasteiger partial charge in [-0.05, 0) is 43.3 Å². The van der Waals surface area contributed by atoms with Gasteiger partial charge >= 0.3 is 0 Å². The maximum Gasteiger partial charge on any atom is 0.0647 e. The van der Waals surface area contributed by atoms with E-state index >= 15 is 0 Å². The normalized spacial score (nSPS) is 43.1. The van der Waals surface area contributed by atoms with Crippen LogP contribution in [0.5, 0.6) is 0 Å². The standard InChI is InChI=1S/C17H24O/c1-3-10-16-14(6-1)12-8-5-9-13(12)15-7-2-4-11-17(15)18-16/h8-9,14-17H,1-7,10-11H2. The maximum absolute atomic E-state index is 6.57. The Bertz CT molecular complexity index is 356. The van der Waals surface area contributed by atoms with Gasteiger partial charge in [0.15, 0.2) is 0 Å². The van der Waals surface area contributed by atoms with Crippen LogP contribution < -0.4 is 0 Å². The molecule has 18 heavy (non-hydrogen) atoms. The lowest BCUT2D eigenvalue weighted by Gasteiger charge is -2.34. The molecule has 1 heterocycles. The molecule has 4 rings (SSSR count). The van der Waals surface area contributed by atoms with E-state index in [1.165, 1.54) is 57.8 Å². The van der Waals surface area contributed by atoms with E-state index in [9.17, 15) is 0 Å². The topological polar surface area (TPSA) is 9.23 Å². The molecule has 0 spiro atoms. The minimum Gasteiger partial charge on any atom is -0.374 e. The summed E-state index contributed by atoms with van der Waals surface area (Å²) in [5.74, 6) is 1.47. The van der Waals surface area contributed by atoms with Gasteiger partial charge in [-0.3, -0.25) is 0 Å². The molecule has 1 nitrogen and oxygen atoms in total. The van der Waals surface area contributed by atoms with Crippen LogP contribution in [0.3, 0.4) is 0 Å². The summed E-state index contributed by atoms with van der Waals surface area (Å²) < 4.78 is 6.57. The predicted molar refractivity (Wildman–Crippen MR) is 73.4 cm³/mol. The second-order valence-electron chi connectivity index (χ2n) is 6.55. The highest BCUT2D eigenvalue weighted by Crippen LogP contribution is 2.48. The lowest BCUT2D eigenvalue weighted by Crippen LogP contribution is -2.33. The minimum atomic E-state index is 0.541. The molecule has 4 unspecified atom stereocenters. The molecule has 3 aliphatic carbocycles. The second kappa shape index (κ2) is 4.52. The van der Waals surface area contributed by atoms with Gasteiger partial charge in [-0.2, -0.15) is 0 Å². The van der Waals surface area contributed by atoms with Crippen molar-refractivity contribution in [3.05, 3.63) is 23.3 Å². The summed E-state index contributed by atoms with van der Waals surface area (Å²) in [6.45, 7) is 0. The van der Waals surface area contributed by atoms with Crippen molar-refractivity contribution in [2.45, 2.75) is 70.0 Å². The quantitative estimate of drug-likeness (QED) is 0.614. The molecule has 4 atom stereocenters. The Kier molecular flexibility index (Phi) is 2.83. The fraction of sp³-hybridized carbons (Fsp3) is 0.765. The van der Waals surface area contributed by atoms with Crippen LogP contribution in [-0.4, -0.2) is 12.2 Å². The molecular weight excluding hydrogens is 220 g/mol. The summed E-state index contributed by atoms with van der Waals surface area (Å²) in [5, 5.41) is 0. The zero-order chi connectivity index (χ0) is 11.9. The zero-order valence-electron chi connectivity index (χ0n) is 11.2. The Morgan fingerprint density at radius 2 is 1.22 bits per heavy atom. The third kappa shape index (κ3) is 1.71. The van der Waals surface area contributed by atoms with Gasteiger partial charge in [0.2, 0.25) is 0 Å². The van der Waals surface area contributed by atoms with Crippen molar-refractivity contribution in [3.63, 3.8) is 0 Å². The first-order chi connectivity index (χ1) is 8.93. The van der Waals surface area contributed by atoms with Crippen LogP contribution >= 0.6 is 0 Å². The van der Waals surface area contributed by atoms with Crippen LogP contribution in [0.4, 0.5) is 0 Å². The molecule has 2 saturated carbocycles. The van der Waals surface area contributed by atoms with E-state index in [2.05, 4.69) is 12.2 Å². The third-order valence-corrected chi connectivity index (χ3v) is 5.56. The highest BCUT2D eigenvalue weighted by atomic mass is 16.5. The van der Waals surface area contributed by atoms with Gasteiger partial charge in [0.1, 0.15) is 0 Å². The Hall–Kier alpha value is -0.560. The molecule has 98 valence electrons. The molecular formula is C17H24O. The molecule has 4 aliphatic rings. The zero-order valence-corrected chi connectivity index (χ0v) is 11.2. The first-order valence-corrected chi connectivity index (χ1v) is 7.99. The summed E-state index contributed by atoms with van der Waals surface area (Å²) in [5.41, 5.74) is 3.41. The highest BCUT2D eigenvalue weighted by molar-refractivity contribution is 5.43. The molecule has 0 amide bonds. The molecule has 1 aliphatic heterocycles. The predicted octanol–water partition coefficient (Wildman–Crippen LogP) is 4.39. The van der Waals surface area contributed by atoms with Crippen LogP contribution in [0.25, 0.3) is 0 Å². The van der Waals surface area contributed by atoms with Gasteiger partial charge in [-0.25, -0.2) is 0 Å². The molecule has 0 N–H and O–H groups in total. The van der Waals surface area contributed by atoms with Crippen molar-refractivity contribution in [2.24, 2.45) is 11.8 Å². The highest BCUT2D eigenvalue weighted by Gasteiger charge is 2.42. The van der Waals surface area contributed by atoms with Crippen LogP contribution in [0.1, 0.15) is 57.8 Å². The van der Waals surface area contributed by atoms with Gasteiger partial charge in [0, 0.05) is 11.8 Å². The van der Waals surface area contributed by atoms with Crippen LogP contribution in [0, 0.1) is 11.8 Å². The van der Waals surface area contributed by atoms with Crippen molar-refractivity contribution in [2.75, 3.05) is 0 Å². The summed E-state index contributed by atoms with van der Waals surface area (Å²) in [7, 11) is 0. The number of hydrogen-bond acceptors (Lipinski definition) is 1. The van der Waals surface area contributed by atoms with Gasteiger partial charge in [-0.15, -0.1) is 0 Å². The van der Waals surface area contributed by atoms with Crippen molar-refractivity contribution >= 4 is 0 Å². The molecule has 1 saturated heterocycles. The minimum absolute atomic E-state index is 0.541. The molecule has 0 aromatic carbocycles. The van der Waals surface area contributed by atoms with E-state index in [1.54, 1.807) is 11.1 Å². The number of fused-ring (bicyclic) bond motifs is 5. The van der Waals surface area contributed by atoms with E-state index in [0.29, 0.717) is 12.2 Å². The van der Waals surface area contributed by atoms with Crippen molar-refractivity contribution in [1.29, 1.82) is 0 Å². The third-order valence-electron chi connectivity index (χ3n) is 5.56. The molecule has 3 fully saturated rings. The summed E-state index contributed by atoms with van der Waals surface area (Å²) in [6, 6.07) is 0. The van der Waals surface area contributed by atoms with E-state index in [4.69, 9.17) is 4.74 Å². The Labute approximate surface area is 110 Å². The van der Waals surface area contributed by atoms with Gasteiger partial charge < -0.3 is 4.74 Å². The molecule has 0 bridgehead atoms. The smallest absolute Gasteiger partial charge is 0.0647 e. The van der Waals surface area contributed by atoms with Gasteiger partial charge in [0.05, 0.1) is 12.2 Å². The van der Waals surface area contributed by atoms with Crippen LogP contribution in [-0.2, 0) is 4.74 Å². The largest absolute Gasteiger partial charge is 0.374 e. The number of rotatable bonds is 0. The van der Waals surface area contributed by atoms with Gasteiger partial charge in [0.25, 0.3) is 0 Å². The first kappa shape index (κ1) is 11.3. The molecule has 0 radical (unpaired) electrons. The van der Waals surface area contributed by atoms with Crippen LogP contribution in [0.2, 0.25) is 0 Å². The average molecular weight is 244 g/mol. The van der Waals surface area contributed by atoms with Crippen molar-refractivity contribution < 1.29 is 4.74 Å². The number of allylic oxidation sites excluding steroid dienone is 2. The SMILES string of the molecule is C1=C2C(=CC1)C1CCCCC1OC1CCCCC21. The average Bonchev–Trinajstić information content (AvgIpc) is 2.84. The lowest BCUT2D eigenvalue weighted by atomic mass is 9.75. The van der Waals surface area contributed by atoms with E-state index in [0.717, 1.165) is 11.8 Å². The fourth-order valence-corrected chi connectivity index (χ4v) is 4.73. The van der Waals surface area contributed by atoms with Crippen molar-refractivity contribution in [3.8, 4) is 0 Å². The monoisotopic (exact) mass is 244 g/mol. The summed E-state index contributed by atoms with van der Waals surface area (Å²) >= 11 is 0. The maximum atomic E-state index is 6.57. The van der Waals surface area contributed by atoms with E-state index in [1.807, 2.05) is 0 Å². The fourth-order valence-electron chi connectivity index (χ4n) is 4.73. The summed E-state index contributed by atoms with van der Waals surface area (Å²) in [6.07, 6.45) is 18.2. The van der Waals surface area contributed by atoms with E-state index in [-0.39, 0.29) is 0 Å². The molecule has 0 aromatic rings. The Balaban J connectivity index is 1.71. The summed E-state index contributed by atoms with van der Waals surface area (Å²) in [4.78, 5) is 0. The number of hydrogen-bond donors (Lipinski definition) is 0. The van der Waals surface area contributed by atoms with Crippen molar-refractivity contribution in [1.82, 2.24) is 0 Å². The Morgan fingerprint density at radius 1 is 0.722 bits per heavy atom. The van der Waals surface area contributed by atoms with E-state index < -0.39 is 0 Å². The molecule has 1 heteroatoms. The second-order valence-corrected chi connectivity index (χ2v) is 6.55.